The fourth-order valence-electron chi connectivity index (χ4n) is 3.05. The van der Waals surface area contributed by atoms with Crippen LogP contribution in [0.4, 0.5) is 17.1 Å². The standard InChI is InChI=1S/C20H21N3O9S3/c21-19-8-1-14-13-17(33(25,26)11-9-24)6-7-18(14)20(19)23-22-15-2-4-16(5-3-15)34(27,28)12-10-32-35(29,30)31/h1-8,13,24H,9-12,21H2,(H,29,30,31). The third-order valence-corrected chi connectivity index (χ3v) is 8.61. The van der Waals surface area contributed by atoms with E-state index < -0.39 is 54.8 Å². The number of hydrogen-bond donors (Lipinski definition) is 3. The van der Waals surface area contributed by atoms with Crippen molar-refractivity contribution in [2.24, 2.45) is 10.2 Å². The molecule has 0 radical (unpaired) electrons. The van der Waals surface area contributed by atoms with Crippen LogP contribution < -0.4 is 5.73 Å². The van der Waals surface area contributed by atoms with E-state index in [-0.39, 0.29) is 26.9 Å². The lowest BCUT2D eigenvalue weighted by molar-refractivity contribution is 0.284. The van der Waals surface area contributed by atoms with Crippen LogP contribution in [0.5, 0.6) is 0 Å². The summed E-state index contributed by atoms with van der Waals surface area (Å²) in [6, 6.07) is 12.8. The maximum atomic E-state index is 12.3. The Morgan fingerprint density at radius 1 is 0.800 bits per heavy atom. The van der Waals surface area contributed by atoms with Crippen molar-refractivity contribution >= 4 is 57.9 Å². The molecule has 0 aliphatic heterocycles. The largest absolute Gasteiger partial charge is 0.397 e. The molecule has 0 bridgehead atoms. The van der Waals surface area contributed by atoms with Crippen LogP contribution in [-0.4, -0.2) is 59.6 Å². The zero-order chi connectivity index (χ0) is 25.9. The molecule has 12 nitrogen and oxygen atoms in total. The van der Waals surface area contributed by atoms with Gasteiger partial charge in [0.2, 0.25) is 0 Å². The van der Waals surface area contributed by atoms with E-state index in [1.165, 1.54) is 42.5 Å². The second kappa shape index (κ2) is 10.3. The smallest absolute Gasteiger partial charge is 0.397 e. The quantitative estimate of drug-likeness (QED) is 0.193. The molecule has 0 aromatic heterocycles. The van der Waals surface area contributed by atoms with Crippen LogP contribution >= 0.6 is 0 Å². The predicted molar refractivity (Wildman–Crippen MR) is 128 cm³/mol. The predicted octanol–water partition coefficient (Wildman–Crippen LogP) is 2.20. The van der Waals surface area contributed by atoms with E-state index in [1.54, 1.807) is 12.1 Å². The Hall–Kier alpha value is -2.95. The minimum atomic E-state index is -4.74. The molecule has 0 aliphatic carbocycles. The van der Waals surface area contributed by atoms with Gasteiger partial charge in [0, 0.05) is 5.39 Å². The van der Waals surface area contributed by atoms with Crippen LogP contribution in [0.2, 0.25) is 0 Å². The number of fused-ring (bicyclic) bond motifs is 1. The number of nitrogen functional groups attached to an aromatic ring is 1. The molecule has 0 heterocycles. The number of benzene rings is 3. The minimum Gasteiger partial charge on any atom is -0.397 e. The topological polar surface area (TPSA) is 203 Å². The molecule has 0 saturated carbocycles. The van der Waals surface area contributed by atoms with Crippen molar-refractivity contribution in [3.05, 3.63) is 54.6 Å². The van der Waals surface area contributed by atoms with E-state index in [9.17, 15) is 25.3 Å². The van der Waals surface area contributed by atoms with Crippen LogP contribution in [0.3, 0.4) is 0 Å². The van der Waals surface area contributed by atoms with Crippen molar-refractivity contribution in [2.75, 3.05) is 30.5 Å². The number of aliphatic hydroxyl groups excluding tert-OH is 1. The average Bonchev–Trinajstić information content (AvgIpc) is 2.77. The second-order valence-corrected chi connectivity index (χ2v) is 12.5. The van der Waals surface area contributed by atoms with Crippen LogP contribution in [0, 0.1) is 0 Å². The van der Waals surface area contributed by atoms with Gasteiger partial charge in [0.25, 0.3) is 0 Å². The van der Waals surface area contributed by atoms with Crippen molar-refractivity contribution in [1.82, 2.24) is 0 Å². The second-order valence-electron chi connectivity index (χ2n) is 7.19. The van der Waals surface area contributed by atoms with Gasteiger partial charge in [-0.1, -0.05) is 12.1 Å². The Morgan fingerprint density at radius 3 is 2.06 bits per heavy atom. The highest BCUT2D eigenvalue weighted by molar-refractivity contribution is 7.91. The summed E-state index contributed by atoms with van der Waals surface area (Å²) in [6.07, 6.45) is 0. The Balaban J connectivity index is 1.85. The van der Waals surface area contributed by atoms with E-state index in [0.29, 0.717) is 10.8 Å². The molecule has 0 aliphatic rings. The molecule has 3 aromatic rings. The van der Waals surface area contributed by atoms with Crippen molar-refractivity contribution in [3.8, 4) is 0 Å². The van der Waals surface area contributed by atoms with Crippen molar-refractivity contribution in [1.29, 1.82) is 0 Å². The van der Waals surface area contributed by atoms with E-state index in [1.807, 2.05) is 0 Å². The average molecular weight is 544 g/mol. The summed E-state index contributed by atoms with van der Waals surface area (Å²) in [5.41, 5.74) is 6.88. The number of rotatable bonds is 10. The number of anilines is 1. The lowest BCUT2D eigenvalue weighted by atomic mass is 10.1. The van der Waals surface area contributed by atoms with Gasteiger partial charge in [-0.25, -0.2) is 21.0 Å². The van der Waals surface area contributed by atoms with Crippen molar-refractivity contribution in [2.45, 2.75) is 9.79 Å². The minimum absolute atomic E-state index is 0.0468. The third kappa shape index (κ3) is 6.81. The van der Waals surface area contributed by atoms with Crippen LogP contribution in [0.1, 0.15) is 0 Å². The molecule has 0 atom stereocenters. The number of hydrogen-bond acceptors (Lipinski definition) is 11. The summed E-state index contributed by atoms with van der Waals surface area (Å²) < 4.78 is 82.6. The highest BCUT2D eigenvalue weighted by atomic mass is 32.3. The highest BCUT2D eigenvalue weighted by Crippen LogP contribution is 2.35. The molecule has 15 heteroatoms. The Labute approximate surface area is 201 Å². The summed E-state index contributed by atoms with van der Waals surface area (Å²) in [4.78, 5) is -0.0674. The third-order valence-electron chi connectivity index (χ3n) is 4.76. The van der Waals surface area contributed by atoms with E-state index in [0.717, 1.165) is 0 Å². The monoisotopic (exact) mass is 543 g/mol. The lowest BCUT2D eigenvalue weighted by Gasteiger charge is -2.08. The summed E-state index contributed by atoms with van der Waals surface area (Å²) in [5, 5.41) is 18.3. The zero-order valence-electron chi connectivity index (χ0n) is 18.0. The van der Waals surface area contributed by atoms with Gasteiger partial charge in [0.05, 0.1) is 45.9 Å². The summed E-state index contributed by atoms with van der Waals surface area (Å²) in [7, 11) is -12.3. The van der Waals surface area contributed by atoms with Gasteiger partial charge in [-0.05, 0) is 47.9 Å². The molecule has 3 rings (SSSR count). The lowest BCUT2D eigenvalue weighted by Crippen LogP contribution is -2.15. The zero-order valence-corrected chi connectivity index (χ0v) is 20.4. The molecular formula is C20H21N3O9S3. The molecule has 35 heavy (non-hydrogen) atoms. The first-order chi connectivity index (χ1) is 16.3. The molecular weight excluding hydrogens is 522 g/mol. The van der Waals surface area contributed by atoms with Crippen molar-refractivity contribution < 1.29 is 39.1 Å². The molecule has 3 aromatic carbocycles. The molecule has 0 spiro atoms. The highest BCUT2D eigenvalue weighted by Gasteiger charge is 2.17. The van der Waals surface area contributed by atoms with E-state index in [4.69, 9.17) is 15.4 Å². The van der Waals surface area contributed by atoms with Crippen molar-refractivity contribution in [3.63, 3.8) is 0 Å². The fourth-order valence-corrected chi connectivity index (χ4v) is 5.59. The van der Waals surface area contributed by atoms with Gasteiger partial charge in [-0.15, -0.1) is 5.11 Å². The Kier molecular flexibility index (Phi) is 7.88. The summed E-state index contributed by atoms with van der Waals surface area (Å²) in [6.45, 7) is -1.24. The van der Waals surface area contributed by atoms with Gasteiger partial charge in [-0.2, -0.15) is 13.5 Å². The number of sulfone groups is 2. The first kappa shape index (κ1) is 26.7. The van der Waals surface area contributed by atoms with Gasteiger partial charge in [-0.3, -0.25) is 4.55 Å². The number of aliphatic hydroxyl groups is 1. The molecule has 0 fully saturated rings. The first-order valence-electron chi connectivity index (χ1n) is 9.85. The van der Waals surface area contributed by atoms with Gasteiger partial charge in [0.1, 0.15) is 5.69 Å². The van der Waals surface area contributed by atoms with Crippen LogP contribution in [0.15, 0.2) is 74.6 Å². The summed E-state index contributed by atoms with van der Waals surface area (Å²) >= 11 is 0. The normalized spacial score (nSPS) is 13.0. The molecule has 188 valence electrons. The number of nitrogens with two attached hydrogens (primary N) is 1. The van der Waals surface area contributed by atoms with E-state index >= 15 is 0 Å². The SMILES string of the molecule is Nc1ccc2cc(S(=O)(=O)CCO)ccc2c1N=Nc1ccc(S(=O)(=O)CCOS(=O)(=O)O)cc1. The maximum absolute atomic E-state index is 12.3. The first-order valence-corrected chi connectivity index (χ1v) is 14.5. The molecule has 0 amide bonds. The Morgan fingerprint density at radius 2 is 1.43 bits per heavy atom. The van der Waals surface area contributed by atoms with Crippen LogP contribution in [-0.2, 0) is 34.3 Å². The Bertz CT molecular complexity index is 1580. The molecule has 0 unspecified atom stereocenters. The maximum Gasteiger partial charge on any atom is 0.397 e. The van der Waals surface area contributed by atoms with Gasteiger partial charge >= 0.3 is 10.4 Å². The fraction of sp³-hybridized carbons (Fsp3) is 0.200. The molecule has 0 saturated heterocycles. The van der Waals surface area contributed by atoms with Crippen LogP contribution in [0.25, 0.3) is 10.8 Å². The molecule has 4 N–H and O–H groups in total. The summed E-state index contributed by atoms with van der Waals surface area (Å²) in [5.74, 6) is -1.07. The van der Waals surface area contributed by atoms with Gasteiger partial charge in [0.15, 0.2) is 19.7 Å². The van der Waals surface area contributed by atoms with Gasteiger partial charge < -0.3 is 10.8 Å². The number of azo groups is 1. The number of nitrogens with zero attached hydrogens (tertiary/aromatic N) is 2. The van der Waals surface area contributed by atoms with E-state index in [2.05, 4.69) is 14.4 Å².